The van der Waals surface area contributed by atoms with E-state index >= 15 is 0 Å². The van der Waals surface area contributed by atoms with Crippen LogP contribution in [0.5, 0.6) is 11.5 Å². The number of ether oxygens (including phenoxy) is 1. The highest BCUT2D eigenvalue weighted by Crippen LogP contribution is 2.50. The summed E-state index contributed by atoms with van der Waals surface area (Å²) in [4.78, 5) is 0. The van der Waals surface area contributed by atoms with Crippen molar-refractivity contribution in [1.82, 2.24) is 0 Å². The second-order valence-corrected chi connectivity index (χ2v) is 9.56. The fraction of sp³-hybridized carbons (Fsp3) is 0.286. The summed E-state index contributed by atoms with van der Waals surface area (Å²) in [6.45, 7) is 10.5. The molecule has 0 fully saturated rings. The Bertz CT molecular complexity index is 1450. The van der Waals surface area contributed by atoms with Gasteiger partial charge >= 0.3 is 0 Å². The summed E-state index contributed by atoms with van der Waals surface area (Å²) < 4.78 is 8.97. The van der Waals surface area contributed by atoms with E-state index in [0.717, 1.165) is 33.7 Å². The summed E-state index contributed by atoms with van der Waals surface area (Å²) in [5.41, 5.74) is 7.85. The molecular weight excluding hydrogens is 380 g/mol. The van der Waals surface area contributed by atoms with Crippen molar-refractivity contribution in [3.63, 3.8) is 0 Å². The SMILES string of the molecule is Cc1cc2c3c(c(C)c(C)cc3c1)-c1c(c(CC(C)(C)C#N)c3ccccc3[n+]1C)O2. The van der Waals surface area contributed by atoms with Crippen molar-refractivity contribution in [3.8, 4) is 28.8 Å². The summed E-state index contributed by atoms with van der Waals surface area (Å²) in [6, 6.07) is 17.6. The van der Waals surface area contributed by atoms with Gasteiger partial charge < -0.3 is 4.74 Å². The Morgan fingerprint density at radius 3 is 2.55 bits per heavy atom. The highest BCUT2D eigenvalue weighted by Gasteiger charge is 2.36. The summed E-state index contributed by atoms with van der Waals surface area (Å²) in [5.74, 6) is 1.80. The van der Waals surface area contributed by atoms with Gasteiger partial charge in [0.2, 0.25) is 11.3 Å². The molecule has 0 amide bonds. The van der Waals surface area contributed by atoms with E-state index in [2.05, 4.69) is 80.9 Å². The Kier molecular flexibility index (Phi) is 4.14. The van der Waals surface area contributed by atoms with Crippen molar-refractivity contribution in [2.24, 2.45) is 12.5 Å². The smallest absolute Gasteiger partial charge is 0.257 e. The lowest BCUT2D eigenvalue weighted by Gasteiger charge is -2.26. The number of fused-ring (bicyclic) bond motifs is 3. The standard InChI is InChI=1S/C28H27N2O/c1-16-11-19-13-17(2)18(3)24-25(19)23(12-16)31-27-21(14-28(4,5)15-29)20-9-7-8-10-22(20)30(6)26(24)27/h7-13H,14H2,1-6H3/q+1. The van der Waals surface area contributed by atoms with Crippen LogP contribution in [0.3, 0.4) is 0 Å². The fourth-order valence-corrected chi connectivity index (χ4v) is 4.98. The van der Waals surface area contributed by atoms with E-state index < -0.39 is 5.41 Å². The van der Waals surface area contributed by atoms with E-state index in [4.69, 9.17) is 4.74 Å². The molecule has 154 valence electrons. The predicted octanol–water partition coefficient (Wildman–Crippen LogP) is 6.61. The summed E-state index contributed by atoms with van der Waals surface area (Å²) in [7, 11) is 2.12. The summed E-state index contributed by atoms with van der Waals surface area (Å²) in [6.07, 6.45) is 0.627. The number of benzene rings is 3. The normalized spacial score (nSPS) is 12.5. The lowest BCUT2D eigenvalue weighted by molar-refractivity contribution is -0.633. The number of nitriles is 1. The molecule has 1 aromatic heterocycles. The van der Waals surface area contributed by atoms with Gasteiger partial charge in [-0.15, -0.1) is 0 Å². The van der Waals surface area contributed by atoms with Gasteiger partial charge in [-0.1, -0.05) is 24.3 Å². The van der Waals surface area contributed by atoms with Crippen LogP contribution in [0.4, 0.5) is 0 Å². The second-order valence-electron chi connectivity index (χ2n) is 9.56. The summed E-state index contributed by atoms with van der Waals surface area (Å²) in [5, 5.41) is 13.3. The molecule has 0 N–H and O–H groups in total. The maximum absolute atomic E-state index is 9.79. The molecule has 1 aliphatic rings. The molecule has 0 saturated carbocycles. The molecule has 0 saturated heterocycles. The molecule has 0 spiro atoms. The zero-order chi connectivity index (χ0) is 22.1. The van der Waals surface area contributed by atoms with Crippen molar-refractivity contribution >= 4 is 21.7 Å². The minimum absolute atomic E-state index is 0.496. The average molecular weight is 408 g/mol. The van der Waals surface area contributed by atoms with Gasteiger partial charge in [0.05, 0.1) is 22.4 Å². The molecule has 4 aromatic rings. The molecule has 31 heavy (non-hydrogen) atoms. The van der Waals surface area contributed by atoms with E-state index in [9.17, 15) is 5.26 Å². The quantitative estimate of drug-likeness (QED) is 0.309. The minimum atomic E-state index is -0.496. The topological polar surface area (TPSA) is 36.9 Å². The highest BCUT2D eigenvalue weighted by molar-refractivity contribution is 6.06. The van der Waals surface area contributed by atoms with Crippen molar-refractivity contribution in [1.29, 1.82) is 5.26 Å². The van der Waals surface area contributed by atoms with Crippen LogP contribution in [-0.2, 0) is 13.5 Å². The van der Waals surface area contributed by atoms with E-state index in [1.807, 2.05) is 13.8 Å². The van der Waals surface area contributed by atoms with Crippen molar-refractivity contribution < 1.29 is 9.30 Å². The molecule has 0 atom stereocenters. The average Bonchev–Trinajstić information content (AvgIpc) is 2.73. The first-order valence-corrected chi connectivity index (χ1v) is 10.8. The van der Waals surface area contributed by atoms with Crippen LogP contribution >= 0.6 is 0 Å². The lowest BCUT2D eigenvalue weighted by Crippen LogP contribution is -2.35. The molecule has 0 aliphatic carbocycles. The Morgan fingerprint density at radius 2 is 1.81 bits per heavy atom. The molecule has 3 aromatic carbocycles. The van der Waals surface area contributed by atoms with Gasteiger partial charge in [0, 0.05) is 17.0 Å². The van der Waals surface area contributed by atoms with Crippen molar-refractivity contribution in [2.75, 3.05) is 0 Å². The first-order chi connectivity index (χ1) is 14.7. The van der Waals surface area contributed by atoms with Crippen molar-refractivity contribution in [2.45, 2.75) is 41.0 Å². The molecule has 0 bridgehead atoms. The zero-order valence-electron chi connectivity index (χ0n) is 19.1. The Hall–Kier alpha value is -3.38. The van der Waals surface area contributed by atoms with Gasteiger partial charge in [0.25, 0.3) is 5.69 Å². The first kappa shape index (κ1) is 19.6. The minimum Gasteiger partial charge on any atom is -0.449 e. The van der Waals surface area contributed by atoms with E-state index in [1.165, 1.54) is 33.0 Å². The molecule has 3 nitrogen and oxygen atoms in total. The maximum atomic E-state index is 9.79. The number of rotatable bonds is 2. The van der Waals surface area contributed by atoms with E-state index in [-0.39, 0.29) is 0 Å². The molecule has 5 rings (SSSR count). The van der Waals surface area contributed by atoms with Crippen LogP contribution in [0.2, 0.25) is 0 Å². The number of aromatic nitrogens is 1. The van der Waals surface area contributed by atoms with Crippen LogP contribution in [0.25, 0.3) is 32.9 Å². The number of nitrogens with zero attached hydrogens (tertiary/aromatic N) is 2. The number of para-hydroxylation sites is 1. The van der Waals surface area contributed by atoms with E-state index in [0.29, 0.717) is 6.42 Å². The monoisotopic (exact) mass is 407 g/mol. The Labute approximate surface area is 183 Å². The van der Waals surface area contributed by atoms with Crippen LogP contribution in [0, 0.1) is 37.5 Å². The zero-order valence-corrected chi connectivity index (χ0v) is 19.1. The third-order valence-electron chi connectivity index (χ3n) is 6.65. The lowest BCUT2D eigenvalue weighted by atomic mass is 9.83. The van der Waals surface area contributed by atoms with Gasteiger partial charge in [0.1, 0.15) is 12.8 Å². The molecule has 3 heteroatoms. The summed E-state index contributed by atoms with van der Waals surface area (Å²) >= 11 is 0. The number of hydrogen-bond donors (Lipinski definition) is 0. The number of pyridine rings is 1. The van der Waals surface area contributed by atoms with Crippen LogP contribution < -0.4 is 9.30 Å². The Balaban J connectivity index is 1.99. The second kappa shape index (κ2) is 6.56. The van der Waals surface area contributed by atoms with E-state index in [1.54, 1.807) is 0 Å². The third-order valence-corrected chi connectivity index (χ3v) is 6.65. The molecule has 0 radical (unpaired) electrons. The molecule has 2 heterocycles. The van der Waals surface area contributed by atoms with Gasteiger partial charge in [-0.3, -0.25) is 0 Å². The predicted molar refractivity (Wildman–Crippen MR) is 125 cm³/mol. The highest BCUT2D eigenvalue weighted by atomic mass is 16.5. The van der Waals surface area contributed by atoms with Gasteiger partial charge in [-0.05, 0) is 75.2 Å². The fourth-order valence-electron chi connectivity index (χ4n) is 4.98. The number of aryl methyl sites for hydroxylation is 3. The first-order valence-electron chi connectivity index (χ1n) is 10.8. The van der Waals surface area contributed by atoms with Gasteiger partial charge in [-0.25, -0.2) is 0 Å². The largest absolute Gasteiger partial charge is 0.449 e. The third kappa shape index (κ3) is 2.82. The molecular formula is C28H27N2O+. The van der Waals surface area contributed by atoms with Gasteiger partial charge in [0.15, 0.2) is 0 Å². The molecule has 1 aliphatic heterocycles. The van der Waals surface area contributed by atoms with Crippen LogP contribution in [0.1, 0.15) is 36.1 Å². The van der Waals surface area contributed by atoms with Gasteiger partial charge in [-0.2, -0.15) is 9.83 Å². The number of hydrogen-bond acceptors (Lipinski definition) is 2. The molecule has 0 unspecified atom stereocenters. The van der Waals surface area contributed by atoms with Crippen LogP contribution in [0.15, 0.2) is 42.5 Å². The maximum Gasteiger partial charge on any atom is 0.257 e. The Morgan fingerprint density at radius 1 is 1.06 bits per heavy atom. The van der Waals surface area contributed by atoms with Crippen molar-refractivity contribution in [3.05, 3.63) is 64.7 Å². The van der Waals surface area contributed by atoms with Crippen LogP contribution in [-0.4, -0.2) is 0 Å².